The van der Waals surface area contributed by atoms with Crippen molar-refractivity contribution >= 4 is 17.3 Å². The largest absolute Gasteiger partial charge is 0.352 e. The molecule has 0 atom stereocenters. The van der Waals surface area contributed by atoms with Crippen LogP contribution in [0, 0.1) is 13.8 Å². The summed E-state index contributed by atoms with van der Waals surface area (Å²) in [7, 11) is 0. The molecule has 0 amide bonds. The van der Waals surface area contributed by atoms with Crippen LogP contribution in [0.2, 0.25) is 0 Å². The Hall–Kier alpha value is -2.63. The fraction of sp³-hybridized carbons (Fsp3) is 0.421. The zero-order chi connectivity index (χ0) is 17.4. The van der Waals surface area contributed by atoms with E-state index in [0.717, 1.165) is 42.6 Å². The molecule has 1 N–H and O–H groups in total. The van der Waals surface area contributed by atoms with E-state index in [9.17, 15) is 4.79 Å². The van der Waals surface area contributed by atoms with Crippen molar-refractivity contribution in [2.45, 2.75) is 52.0 Å². The molecule has 3 aromatic rings. The normalized spacial score (nSPS) is 15.6. The SMILES string of the molecule is Cc1ccccc1Nc1cc(C)n2c(=O)n(C3CCCCC3)nc2n1. The molecule has 1 aliphatic carbocycles. The minimum atomic E-state index is -0.0747. The standard InChI is InChI=1S/C19H23N5O/c1-13-8-6-7-11-16(13)20-17-12-14(2)23-18(21-17)22-24(19(23)25)15-9-4-3-5-10-15/h6-8,11-12,15H,3-5,9-10H2,1-2H3,(H,20,21,22). The van der Waals surface area contributed by atoms with Gasteiger partial charge in [0, 0.05) is 17.4 Å². The second-order valence-corrected chi connectivity index (χ2v) is 6.88. The maximum atomic E-state index is 12.8. The van der Waals surface area contributed by atoms with Gasteiger partial charge in [-0.3, -0.25) is 0 Å². The van der Waals surface area contributed by atoms with E-state index in [0.29, 0.717) is 11.6 Å². The molecule has 2 heterocycles. The van der Waals surface area contributed by atoms with Crippen LogP contribution in [0.1, 0.15) is 49.4 Å². The highest BCUT2D eigenvalue weighted by molar-refractivity contribution is 5.61. The number of hydrogen-bond donors (Lipinski definition) is 1. The van der Waals surface area contributed by atoms with Crippen LogP contribution >= 0.6 is 0 Å². The number of aromatic nitrogens is 4. The number of aryl methyl sites for hydroxylation is 2. The third-order valence-electron chi connectivity index (χ3n) is 5.03. The minimum Gasteiger partial charge on any atom is -0.340 e. The van der Waals surface area contributed by atoms with Gasteiger partial charge in [0.2, 0.25) is 0 Å². The van der Waals surface area contributed by atoms with Crippen LogP contribution in [-0.4, -0.2) is 19.2 Å². The van der Waals surface area contributed by atoms with Crippen molar-refractivity contribution in [1.29, 1.82) is 0 Å². The van der Waals surface area contributed by atoms with Gasteiger partial charge in [-0.05, 0) is 38.3 Å². The number of benzene rings is 1. The number of rotatable bonds is 3. The summed E-state index contributed by atoms with van der Waals surface area (Å²) in [5.74, 6) is 1.17. The molecule has 0 radical (unpaired) electrons. The van der Waals surface area contributed by atoms with E-state index in [1.54, 1.807) is 9.08 Å². The molecule has 1 fully saturated rings. The number of hydrogen-bond acceptors (Lipinski definition) is 4. The molecule has 0 unspecified atom stereocenters. The molecule has 1 saturated carbocycles. The lowest BCUT2D eigenvalue weighted by atomic mass is 9.96. The number of nitrogens with zero attached hydrogens (tertiary/aromatic N) is 4. The maximum Gasteiger partial charge on any atom is 0.352 e. The maximum absolute atomic E-state index is 12.8. The third kappa shape index (κ3) is 2.92. The zero-order valence-corrected chi connectivity index (χ0v) is 14.7. The summed E-state index contributed by atoms with van der Waals surface area (Å²) >= 11 is 0. The lowest BCUT2D eigenvalue weighted by Crippen LogP contribution is -2.27. The molecule has 25 heavy (non-hydrogen) atoms. The topological polar surface area (TPSA) is 64.2 Å². The molecule has 130 valence electrons. The molecule has 0 spiro atoms. The molecule has 0 aliphatic heterocycles. The van der Waals surface area contributed by atoms with Crippen LogP contribution in [0.15, 0.2) is 35.1 Å². The van der Waals surface area contributed by atoms with Crippen molar-refractivity contribution in [3.8, 4) is 0 Å². The van der Waals surface area contributed by atoms with E-state index < -0.39 is 0 Å². The molecule has 1 aliphatic rings. The van der Waals surface area contributed by atoms with Gasteiger partial charge in [-0.1, -0.05) is 37.5 Å². The number of anilines is 2. The predicted octanol–water partition coefficient (Wildman–Crippen LogP) is 3.76. The van der Waals surface area contributed by atoms with E-state index in [1.807, 2.05) is 31.2 Å². The summed E-state index contributed by atoms with van der Waals surface area (Å²) < 4.78 is 3.25. The predicted molar refractivity (Wildman–Crippen MR) is 98.6 cm³/mol. The summed E-state index contributed by atoms with van der Waals surface area (Å²) in [5, 5.41) is 7.88. The van der Waals surface area contributed by atoms with Gasteiger partial charge in [-0.2, -0.15) is 4.98 Å². The lowest BCUT2D eigenvalue weighted by molar-refractivity contribution is 0.322. The van der Waals surface area contributed by atoms with Crippen LogP contribution < -0.4 is 11.0 Å². The first-order valence-electron chi connectivity index (χ1n) is 8.95. The first-order valence-corrected chi connectivity index (χ1v) is 8.95. The van der Waals surface area contributed by atoms with Crippen molar-refractivity contribution in [3.05, 3.63) is 52.1 Å². The molecule has 2 aromatic heterocycles. The lowest BCUT2D eigenvalue weighted by Gasteiger charge is -2.20. The Morgan fingerprint density at radius 3 is 2.64 bits per heavy atom. The molecule has 4 rings (SSSR count). The van der Waals surface area contributed by atoms with Crippen LogP contribution in [-0.2, 0) is 0 Å². The molecular formula is C19H23N5O. The van der Waals surface area contributed by atoms with Crippen LogP contribution in [0.4, 0.5) is 11.5 Å². The summed E-state index contributed by atoms with van der Waals surface area (Å²) in [6.07, 6.45) is 5.63. The van der Waals surface area contributed by atoms with Crippen molar-refractivity contribution in [2.24, 2.45) is 0 Å². The average molecular weight is 337 g/mol. The highest BCUT2D eigenvalue weighted by Crippen LogP contribution is 2.26. The molecule has 0 bridgehead atoms. The molecule has 1 aromatic carbocycles. The second kappa shape index (κ2) is 6.35. The van der Waals surface area contributed by atoms with Crippen molar-refractivity contribution < 1.29 is 0 Å². The van der Waals surface area contributed by atoms with Gasteiger partial charge in [-0.15, -0.1) is 5.10 Å². The Bertz CT molecular complexity index is 966. The van der Waals surface area contributed by atoms with E-state index in [-0.39, 0.29) is 11.7 Å². The smallest absolute Gasteiger partial charge is 0.340 e. The molecule has 6 heteroatoms. The first-order chi connectivity index (χ1) is 12.1. The summed E-state index contributed by atoms with van der Waals surface area (Å²) in [4.78, 5) is 17.3. The quantitative estimate of drug-likeness (QED) is 0.790. The number of nitrogens with one attached hydrogen (secondary N) is 1. The van der Waals surface area contributed by atoms with Gasteiger partial charge in [0.05, 0.1) is 6.04 Å². The third-order valence-corrected chi connectivity index (χ3v) is 5.03. The Kier molecular flexibility index (Phi) is 4.03. The van der Waals surface area contributed by atoms with Gasteiger partial charge in [0.25, 0.3) is 5.78 Å². The van der Waals surface area contributed by atoms with Gasteiger partial charge < -0.3 is 5.32 Å². The van der Waals surface area contributed by atoms with Crippen molar-refractivity contribution in [2.75, 3.05) is 5.32 Å². The second-order valence-electron chi connectivity index (χ2n) is 6.88. The molecular weight excluding hydrogens is 314 g/mol. The van der Waals surface area contributed by atoms with Gasteiger partial charge in [-0.25, -0.2) is 13.9 Å². The summed E-state index contributed by atoms with van der Waals surface area (Å²) in [5.41, 5.74) is 2.92. The fourth-order valence-corrected chi connectivity index (χ4v) is 3.63. The Balaban J connectivity index is 1.74. The van der Waals surface area contributed by atoms with E-state index in [1.165, 1.54) is 6.42 Å². The number of fused-ring (bicyclic) bond motifs is 1. The molecule has 0 saturated heterocycles. The fourth-order valence-electron chi connectivity index (χ4n) is 3.63. The zero-order valence-electron chi connectivity index (χ0n) is 14.7. The first kappa shape index (κ1) is 15.9. The Labute approximate surface area is 146 Å². The summed E-state index contributed by atoms with van der Waals surface area (Å²) in [6.45, 7) is 3.97. The minimum absolute atomic E-state index is 0.0747. The van der Waals surface area contributed by atoms with Crippen LogP contribution in [0.5, 0.6) is 0 Å². The van der Waals surface area contributed by atoms with Gasteiger partial charge >= 0.3 is 5.69 Å². The van der Waals surface area contributed by atoms with Crippen LogP contribution in [0.3, 0.4) is 0 Å². The van der Waals surface area contributed by atoms with Crippen LogP contribution in [0.25, 0.3) is 5.78 Å². The van der Waals surface area contributed by atoms with Gasteiger partial charge in [0.15, 0.2) is 0 Å². The highest BCUT2D eigenvalue weighted by Gasteiger charge is 2.21. The highest BCUT2D eigenvalue weighted by atomic mass is 16.2. The molecule has 6 nitrogen and oxygen atoms in total. The number of para-hydroxylation sites is 1. The van der Waals surface area contributed by atoms with E-state index in [4.69, 9.17) is 0 Å². The Morgan fingerprint density at radius 1 is 1.12 bits per heavy atom. The monoisotopic (exact) mass is 337 g/mol. The van der Waals surface area contributed by atoms with Crippen molar-refractivity contribution in [1.82, 2.24) is 19.2 Å². The van der Waals surface area contributed by atoms with E-state index >= 15 is 0 Å². The Morgan fingerprint density at radius 2 is 1.88 bits per heavy atom. The average Bonchev–Trinajstić information content (AvgIpc) is 2.95. The van der Waals surface area contributed by atoms with Crippen molar-refractivity contribution in [3.63, 3.8) is 0 Å². The summed E-state index contributed by atoms with van der Waals surface area (Å²) in [6, 6.07) is 10.2. The van der Waals surface area contributed by atoms with Gasteiger partial charge in [0.1, 0.15) is 5.82 Å². The van der Waals surface area contributed by atoms with E-state index in [2.05, 4.69) is 28.4 Å².